The van der Waals surface area contributed by atoms with Crippen molar-refractivity contribution < 1.29 is 4.79 Å². The van der Waals surface area contributed by atoms with Gasteiger partial charge in [-0.3, -0.25) is 9.79 Å². The highest BCUT2D eigenvalue weighted by Gasteiger charge is 2.13. The molecule has 0 aromatic rings. The summed E-state index contributed by atoms with van der Waals surface area (Å²) in [5, 5.41) is 9.09. The van der Waals surface area contributed by atoms with Crippen molar-refractivity contribution in [3.05, 3.63) is 0 Å². The van der Waals surface area contributed by atoms with E-state index in [9.17, 15) is 4.79 Å². The van der Waals surface area contributed by atoms with Crippen molar-refractivity contribution >= 4 is 11.9 Å². The standard InChI is InChI=1S/C14H31N5O/c1-11(2)19(7)9-8-16-13(15-6)17-10-12(20)18-14(3,4)5/h11H,8-10H2,1-7H3,(H,18,20)(H2,15,16,17). The van der Waals surface area contributed by atoms with E-state index in [-0.39, 0.29) is 18.0 Å². The molecule has 0 heterocycles. The Morgan fingerprint density at radius 2 is 1.85 bits per heavy atom. The molecule has 0 aliphatic carbocycles. The van der Waals surface area contributed by atoms with Crippen molar-refractivity contribution in [3.8, 4) is 0 Å². The summed E-state index contributed by atoms with van der Waals surface area (Å²) in [6, 6.07) is 0.518. The largest absolute Gasteiger partial charge is 0.355 e. The average molecular weight is 285 g/mol. The molecule has 0 aliphatic rings. The minimum absolute atomic E-state index is 0.0419. The molecule has 0 aromatic carbocycles. The Bertz CT molecular complexity index is 320. The van der Waals surface area contributed by atoms with Gasteiger partial charge in [-0.15, -0.1) is 0 Å². The minimum Gasteiger partial charge on any atom is -0.355 e. The summed E-state index contributed by atoms with van der Waals surface area (Å²) in [4.78, 5) is 18.0. The molecule has 0 saturated carbocycles. The molecule has 20 heavy (non-hydrogen) atoms. The molecule has 0 fully saturated rings. The van der Waals surface area contributed by atoms with Crippen LogP contribution in [0.25, 0.3) is 0 Å². The van der Waals surface area contributed by atoms with E-state index in [0.29, 0.717) is 12.0 Å². The van der Waals surface area contributed by atoms with Crippen LogP contribution in [0.4, 0.5) is 0 Å². The number of likely N-dealkylation sites (N-methyl/N-ethyl adjacent to an activating group) is 1. The van der Waals surface area contributed by atoms with Crippen LogP contribution in [0.5, 0.6) is 0 Å². The van der Waals surface area contributed by atoms with Crippen LogP contribution >= 0.6 is 0 Å². The maximum Gasteiger partial charge on any atom is 0.239 e. The molecule has 1 amide bonds. The fourth-order valence-corrected chi connectivity index (χ4v) is 1.46. The van der Waals surface area contributed by atoms with Crippen LogP contribution < -0.4 is 16.0 Å². The number of hydrogen-bond donors (Lipinski definition) is 3. The number of guanidine groups is 1. The Morgan fingerprint density at radius 3 is 2.30 bits per heavy atom. The van der Waals surface area contributed by atoms with E-state index in [0.717, 1.165) is 13.1 Å². The molecule has 0 rings (SSSR count). The topological polar surface area (TPSA) is 68.8 Å². The monoisotopic (exact) mass is 285 g/mol. The zero-order valence-corrected chi connectivity index (χ0v) is 14.0. The number of nitrogens with one attached hydrogen (secondary N) is 3. The van der Waals surface area contributed by atoms with Gasteiger partial charge >= 0.3 is 0 Å². The maximum atomic E-state index is 11.7. The van der Waals surface area contributed by atoms with Gasteiger partial charge in [0.1, 0.15) is 0 Å². The fourth-order valence-electron chi connectivity index (χ4n) is 1.46. The summed E-state index contributed by atoms with van der Waals surface area (Å²) in [5.41, 5.74) is -0.213. The van der Waals surface area contributed by atoms with Crippen LogP contribution in [-0.2, 0) is 4.79 Å². The Balaban J connectivity index is 3.97. The number of nitrogens with zero attached hydrogens (tertiary/aromatic N) is 2. The number of aliphatic imine (C=N–C) groups is 1. The van der Waals surface area contributed by atoms with Gasteiger partial charge in [-0.05, 0) is 41.7 Å². The number of carbonyl (C=O) groups is 1. The first kappa shape index (κ1) is 18.7. The van der Waals surface area contributed by atoms with E-state index in [4.69, 9.17) is 0 Å². The minimum atomic E-state index is -0.213. The lowest BCUT2D eigenvalue weighted by atomic mass is 10.1. The highest BCUT2D eigenvalue weighted by molar-refractivity contribution is 5.86. The van der Waals surface area contributed by atoms with Gasteiger partial charge in [-0.2, -0.15) is 0 Å². The number of hydrogen-bond acceptors (Lipinski definition) is 3. The molecule has 6 heteroatoms. The van der Waals surface area contributed by atoms with Gasteiger partial charge in [0.25, 0.3) is 0 Å². The highest BCUT2D eigenvalue weighted by atomic mass is 16.2. The first-order chi connectivity index (χ1) is 9.15. The van der Waals surface area contributed by atoms with Crippen LogP contribution in [-0.4, -0.2) is 62.1 Å². The summed E-state index contributed by atoms with van der Waals surface area (Å²) in [7, 11) is 3.78. The van der Waals surface area contributed by atoms with E-state index in [1.807, 2.05) is 20.8 Å². The molecule has 0 saturated heterocycles. The molecule has 0 radical (unpaired) electrons. The summed E-state index contributed by atoms with van der Waals surface area (Å²) in [6.07, 6.45) is 0. The van der Waals surface area contributed by atoms with Crippen molar-refractivity contribution in [2.45, 2.75) is 46.2 Å². The van der Waals surface area contributed by atoms with Gasteiger partial charge < -0.3 is 20.9 Å². The third-order valence-corrected chi connectivity index (χ3v) is 2.79. The van der Waals surface area contributed by atoms with E-state index < -0.39 is 0 Å². The van der Waals surface area contributed by atoms with Crippen molar-refractivity contribution in [2.75, 3.05) is 33.7 Å². The molecule has 3 N–H and O–H groups in total. The molecule has 0 atom stereocenters. The molecule has 0 aliphatic heterocycles. The molecular weight excluding hydrogens is 254 g/mol. The van der Waals surface area contributed by atoms with Crippen LogP contribution in [0.2, 0.25) is 0 Å². The van der Waals surface area contributed by atoms with Gasteiger partial charge in [0.15, 0.2) is 5.96 Å². The zero-order valence-electron chi connectivity index (χ0n) is 14.0. The lowest BCUT2D eigenvalue weighted by molar-refractivity contribution is -0.121. The average Bonchev–Trinajstić information content (AvgIpc) is 2.30. The van der Waals surface area contributed by atoms with Crippen molar-refractivity contribution in [1.82, 2.24) is 20.9 Å². The van der Waals surface area contributed by atoms with Crippen LogP contribution in [0, 0.1) is 0 Å². The van der Waals surface area contributed by atoms with Gasteiger partial charge in [0, 0.05) is 31.7 Å². The third kappa shape index (κ3) is 9.61. The molecular formula is C14H31N5O. The lowest BCUT2D eigenvalue weighted by Crippen LogP contribution is -2.49. The first-order valence-electron chi connectivity index (χ1n) is 7.11. The van der Waals surface area contributed by atoms with Gasteiger partial charge in [-0.25, -0.2) is 0 Å². The molecule has 0 unspecified atom stereocenters. The zero-order chi connectivity index (χ0) is 15.8. The van der Waals surface area contributed by atoms with Crippen LogP contribution in [0.3, 0.4) is 0 Å². The number of carbonyl (C=O) groups excluding carboxylic acids is 1. The Hall–Kier alpha value is -1.30. The Morgan fingerprint density at radius 1 is 1.25 bits per heavy atom. The summed E-state index contributed by atoms with van der Waals surface area (Å²) >= 11 is 0. The van der Waals surface area contributed by atoms with Crippen molar-refractivity contribution in [3.63, 3.8) is 0 Å². The van der Waals surface area contributed by atoms with Gasteiger partial charge in [0.2, 0.25) is 5.91 Å². The smallest absolute Gasteiger partial charge is 0.239 e. The van der Waals surface area contributed by atoms with E-state index in [1.165, 1.54) is 0 Å². The third-order valence-electron chi connectivity index (χ3n) is 2.79. The SMILES string of the molecule is CN=C(NCCN(C)C(C)C)NCC(=O)NC(C)(C)C. The predicted molar refractivity (Wildman–Crippen MR) is 85.0 cm³/mol. The van der Waals surface area contributed by atoms with E-state index in [2.05, 4.69) is 46.7 Å². The Kier molecular flexibility index (Phi) is 8.22. The van der Waals surface area contributed by atoms with Crippen LogP contribution in [0.1, 0.15) is 34.6 Å². The molecule has 118 valence electrons. The van der Waals surface area contributed by atoms with Gasteiger partial charge in [0.05, 0.1) is 6.54 Å². The summed E-state index contributed by atoms with van der Waals surface area (Å²) in [6.45, 7) is 12.1. The summed E-state index contributed by atoms with van der Waals surface area (Å²) < 4.78 is 0. The summed E-state index contributed by atoms with van der Waals surface area (Å²) in [5.74, 6) is 0.603. The fraction of sp³-hybridized carbons (Fsp3) is 0.857. The lowest BCUT2D eigenvalue weighted by Gasteiger charge is -2.22. The second-order valence-electron chi connectivity index (χ2n) is 6.23. The second-order valence-corrected chi connectivity index (χ2v) is 6.23. The van der Waals surface area contributed by atoms with Crippen molar-refractivity contribution in [2.24, 2.45) is 4.99 Å². The molecule has 0 spiro atoms. The molecule has 6 nitrogen and oxygen atoms in total. The first-order valence-corrected chi connectivity index (χ1v) is 7.11. The number of amides is 1. The maximum absolute atomic E-state index is 11.7. The molecule has 0 bridgehead atoms. The van der Waals surface area contributed by atoms with E-state index in [1.54, 1.807) is 7.05 Å². The highest BCUT2D eigenvalue weighted by Crippen LogP contribution is 1.97. The normalized spacial score (nSPS) is 12.8. The Labute approximate surface area is 123 Å². The second kappa shape index (κ2) is 8.79. The van der Waals surface area contributed by atoms with Crippen LogP contribution in [0.15, 0.2) is 4.99 Å². The van der Waals surface area contributed by atoms with Crippen molar-refractivity contribution in [1.29, 1.82) is 0 Å². The number of rotatable bonds is 6. The quantitative estimate of drug-likeness (QED) is 0.488. The van der Waals surface area contributed by atoms with Gasteiger partial charge in [-0.1, -0.05) is 0 Å². The predicted octanol–water partition coefficient (Wildman–Crippen LogP) is 0.406. The molecule has 0 aromatic heterocycles. The van der Waals surface area contributed by atoms with E-state index >= 15 is 0 Å².